The number of halogens is 2. The number of carbonyl (C=O) groups is 1. The van der Waals surface area contributed by atoms with Crippen molar-refractivity contribution in [3.05, 3.63) is 29.3 Å². The smallest absolute Gasteiger partial charge is 0.221 e. The molecule has 0 radical (unpaired) electrons. The van der Waals surface area contributed by atoms with Crippen molar-refractivity contribution in [2.75, 3.05) is 12.3 Å². The SMILES string of the molecule is CC1CC(NC(=O)CCSc2ccc(Cl)cc2)CCN1.Cl. The lowest BCUT2D eigenvalue weighted by molar-refractivity contribution is -0.121. The van der Waals surface area contributed by atoms with E-state index in [4.69, 9.17) is 11.6 Å². The third kappa shape index (κ3) is 6.92. The van der Waals surface area contributed by atoms with Crippen LogP contribution in [0, 0.1) is 0 Å². The zero-order valence-electron chi connectivity index (χ0n) is 12.1. The molecule has 0 aliphatic carbocycles. The number of carbonyl (C=O) groups excluding carboxylic acids is 1. The summed E-state index contributed by atoms with van der Waals surface area (Å²) in [4.78, 5) is 13.0. The van der Waals surface area contributed by atoms with Gasteiger partial charge in [-0.05, 0) is 50.6 Å². The van der Waals surface area contributed by atoms with Crippen molar-refractivity contribution >= 4 is 41.7 Å². The first-order valence-electron chi connectivity index (χ1n) is 7.04. The minimum Gasteiger partial charge on any atom is -0.353 e. The molecule has 0 saturated carbocycles. The van der Waals surface area contributed by atoms with Crippen LogP contribution in [-0.4, -0.2) is 30.3 Å². The topological polar surface area (TPSA) is 41.1 Å². The summed E-state index contributed by atoms with van der Waals surface area (Å²) in [6.45, 7) is 3.15. The van der Waals surface area contributed by atoms with Gasteiger partial charge in [-0.2, -0.15) is 0 Å². The summed E-state index contributed by atoms with van der Waals surface area (Å²) in [5.74, 6) is 0.958. The van der Waals surface area contributed by atoms with Gasteiger partial charge in [0.2, 0.25) is 5.91 Å². The predicted molar refractivity (Wildman–Crippen MR) is 92.7 cm³/mol. The fourth-order valence-electron chi connectivity index (χ4n) is 2.36. The van der Waals surface area contributed by atoms with Crippen LogP contribution in [0.3, 0.4) is 0 Å². The third-order valence-electron chi connectivity index (χ3n) is 3.40. The van der Waals surface area contributed by atoms with Crippen LogP contribution in [0.4, 0.5) is 0 Å². The molecule has 2 atom stereocenters. The standard InChI is InChI=1S/C15H21ClN2OS.ClH/c1-11-10-13(6-8-17-11)18-15(19)7-9-20-14-4-2-12(16)3-5-14;/h2-5,11,13,17H,6-10H2,1H3,(H,18,19);1H. The van der Waals surface area contributed by atoms with Crippen molar-refractivity contribution in [3.8, 4) is 0 Å². The second-order valence-electron chi connectivity index (χ2n) is 5.20. The van der Waals surface area contributed by atoms with E-state index in [0.717, 1.165) is 35.1 Å². The minimum atomic E-state index is 0. The first-order valence-corrected chi connectivity index (χ1v) is 8.41. The highest BCUT2D eigenvalue weighted by Gasteiger charge is 2.19. The summed E-state index contributed by atoms with van der Waals surface area (Å²) >= 11 is 7.53. The van der Waals surface area contributed by atoms with Gasteiger partial charge < -0.3 is 10.6 Å². The number of rotatable bonds is 5. The number of benzene rings is 1. The van der Waals surface area contributed by atoms with Crippen LogP contribution in [0.5, 0.6) is 0 Å². The van der Waals surface area contributed by atoms with Crippen molar-refractivity contribution in [1.29, 1.82) is 0 Å². The number of piperidine rings is 1. The highest BCUT2D eigenvalue weighted by atomic mass is 35.5. The van der Waals surface area contributed by atoms with Crippen LogP contribution in [0.25, 0.3) is 0 Å². The van der Waals surface area contributed by atoms with Crippen molar-refractivity contribution in [3.63, 3.8) is 0 Å². The van der Waals surface area contributed by atoms with Gasteiger partial charge >= 0.3 is 0 Å². The maximum atomic E-state index is 11.9. The first kappa shape index (κ1) is 18.6. The molecule has 0 bridgehead atoms. The second-order valence-corrected chi connectivity index (χ2v) is 6.80. The van der Waals surface area contributed by atoms with Gasteiger partial charge in [-0.25, -0.2) is 0 Å². The van der Waals surface area contributed by atoms with Gasteiger partial charge in [0.15, 0.2) is 0 Å². The Hall–Kier alpha value is -0.420. The van der Waals surface area contributed by atoms with E-state index < -0.39 is 0 Å². The molecule has 2 rings (SSSR count). The van der Waals surface area contributed by atoms with E-state index in [1.807, 2.05) is 24.3 Å². The lowest BCUT2D eigenvalue weighted by atomic mass is 10.0. The molecule has 21 heavy (non-hydrogen) atoms. The quantitative estimate of drug-likeness (QED) is 0.800. The third-order valence-corrected chi connectivity index (χ3v) is 4.67. The van der Waals surface area contributed by atoms with Crippen LogP contribution in [-0.2, 0) is 4.79 Å². The molecule has 118 valence electrons. The Balaban J connectivity index is 0.00000220. The molecule has 1 heterocycles. The molecule has 3 nitrogen and oxygen atoms in total. The molecule has 0 spiro atoms. The normalized spacial score (nSPS) is 21.4. The summed E-state index contributed by atoms with van der Waals surface area (Å²) in [6, 6.07) is 8.55. The van der Waals surface area contributed by atoms with Gasteiger partial charge in [0.25, 0.3) is 0 Å². The summed E-state index contributed by atoms with van der Waals surface area (Å²) < 4.78 is 0. The highest BCUT2D eigenvalue weighted by Crippen LogP contribution is 2.21. The predicted octanol–water partition coefficient (Wildman–Crippen LogP) is 3.50. The molecule has 2 N–H and O–H groups in total. The second kappa shape index (κ2) is 9.57. The van der Waals surface area contributed by atoms with Crippen LogP contribution < -0.4 is 10.6 Å². The minimum absolute atomic E-state index is 0. The summed E-state index contributed by atoms with van der Waals surface area (Å²) in [7, 11) is 0. The lowest BCUT2D eigenvalue weighted by Gasteiger charge is -2.28. The summed E-state index contributed by atoms with van der Waals surface area (Å²) in [5.41, 5.74) is 0. The molecule has 1 fully saturated rings. The molecule has 1 aliphatic rings. The molecule has 1 amide bonds. The number of thioether (sulfide) groups is 1. The van der Waals surface area contributed by atoms with Crippen LogP contribution in [0.2, 0.25) is 5.02 Å². The zero-order chi connectivity index (χ0) is 14.4. The Morgan fingerprint density at radius 3 is 2.81 bits per heavy atom. The summed E-state index contributed by atoms with van der Waals surface area (Å²) in [5, 5.41) is 7.26. The first-order chi connectivity index (χ1) is 9.63. The molecule has 2 unspecified atom stereocenters. The van der Waals surface area contributed by atoms with Gasteiger partial charge in [-0.15, -0.1) is 24.2 Å². The maximum absolute atomic E-state index is 11.9. The largest absolute Gasteiger partial charge is 0.353 e. The zero-order valence-corrected chi connectivity index (χ0v) is 14.5. The van der Waals surface area contributed by atoms with Gasteiger partial charge in [-0.1, -0.05) is 11.6 Å². The number of nitrogens with one attached hydrogen (secondary N) is 2. The molecule has 1 aliphatic heterocycles. The lowest BCUT2D eigenvalue weighted by Crippen LogP contribution is -2.46. The van der Waals surface area contributed by atoms with Crippen LogP contribution in [0.1, 0.15) is 26.2 Å². The van der Waals surface area contributed by atoms with Gasteiger partial charge in [0.05, 0.1) is 0 Å². The fourth-order valence-corrected chi connectivity index (χ4v) is 3.33. The Bertz CT molecular complexity index is 442. The van der Waals surface area contributed by atoms with E-state index in [0.29, 0.717) is 18.5 Å². The van der Waals surface area contributed by atoms with E-state index in [-0.39, 0.29) is 18.3 Å². The summed E-state index contributed by atoms with van der Waals surface area (Å²) in [6.07, 6.45) is 2.61. The van der Waals surface area contributed by atoms with Crippen molar-refractivity contribution in [2.45, 2.75) is 43.2 Å². The fraction of sp³-hybridized carbons (Fsp3) is 0.533. The van der Waals surface area contributed by atoms with Crippen LogP contribution >= 0.6 is 35.8 Å². The van der Waals surface area contributed by atoms with Crippen LogP contribution in [0.15, 0.2) is 29.2 Å². The average molecular weight is 349 g/mol. The molecule has 1 aromatic rings. The Labute approximate surface area is 142 Å². The Morgan fingerprint density at radius 1 is 1.43 bits per heavy atom. The number of hydrogen-bond acceptors (Lipinski definition) is 3. The van der Waals surface area contributed by atoms with E-state index in [1.54, 1.807) is 11.8 Å². The molecular formula is C15H22Cl2N2OS. The Morgan fingerprint density at radius 2 is 2.14 bits per heavy atom. The van der Waals surface area contributed by atoms with E-state index in [9.17, 15) is 4.79 Å². The molecule has 6 heteroatoms. The number of amides is 1. The molecular weight excluding hydrogens is 327 g/mol. The monoisotopic (exact) mass is 348 g/mol. The highest BCUT2D eigenvalue weighted by molar-refractivity contribution is 7.99. The molecule has 1 saturated heterocycles. The van der Waals surface area contributed by atoms with Gasteiger partial charge in [0.1, 0.15) is 0 Å². The van der Waals surface area contributed by atoms with Gasteiger partial charge in [-0.3, -0.25) is 4.79 Å². The van der Waals surface area contributed by atoms with E-state index in [1.165, 1.54) is 0 Å². The van der Waals surface area contributed by atoms with Crippen molar-refractivity contribution in [1.82, 2.24) is 10.6 Å². The van der Waals surface area contributed by atoms with E-state index >= 15 is 0 Å². The van der Waals surface area contributed by atoms with Crippen molar-refractivity contribution in [2.24, 2.45) is 0 Å². The maximum Gasteiger partial charge on any atom is 0.221 e. The Kier molecular flexibility index (Phi) is 8.49. The number of hydrogen-bond donors (Lipinski definition) is 2. The molecule has 1 aromatic carbocycles. The van der Waals surface area contributed by atoms with Gasteiger partial charge in [0, 0.05) is 34.2 Å². The van der Waals surface area contributed by atoms with E-state index in [2.05, 4.69) is 17.6 Å². The molecule has 0 aromatic heterocycles. The average Bonchev–Trinajstić information content (AvgIpc) is 2.41. The van der Waals surface area contributed by atoms with Crippen molar-refractivity contribution < 1.29 is 4.79 Å².